The lowest BCUT2D eigenvalue weighted by Crippen LogP contribution is -2.53. The van der Waals surface area contributed by atoms with Crippen LogP contribution >= 0.6 is 23.2 Å². The van der Waals surface area contributed by atoms with Crippen molar-refractivity contribution in [1.82, 2.24) is 10.2 Å². The lowest BCUT2D eigenvalue weighted by Gasteiger charge is -2.34. The number of halogens is 2. The molecule has 40 heavy (non-hydrogen) atoms. The average Bonchev–Trinajstić information content (AvgIpc) is 2.93. The van der Waals surface area contributed by atoms with Crippen LogP contribution in [-0.2, 0) is 26.2 Å². The highest BCUT2D eigenvalue weighted by atomic mass is 35.5. The summed E-state index contributed by atoms with van der Waals surface area (Å²) in [4.78, 5) is 28.9. The van der Waals surface area contributed by atoms with Crippen LogP contribution in [0.3, 0.4) is 0 Å². The quantitative estimate of drug-likeness (QED) is 0.266. The number of nitrogens with zero attached hydrogens (tertiary/aromatic N) is 2. The standard InChI is InChI=1S/C30H35Cl2N3O4S/c1-5-22(4)33-30(37)27(6-2)34(19-23-12-8-9-13-26(23)32)29(36)20-35(28-14-10-7-11-21(28)3)40(38,39)25-17-15-24(31)16-18-25/h7-18,22,27H,5-6,19-20H2,1-4H3,(H,33,37)/t22-,27-/m1/s1. The van der Waals surface area contributed by atoms with Gasteiger partial charge in [0, 0.05) is 22.6 Å². The van der Waals surface area contributed by atoms with Crippen LogP contribution in [-0.4, -0.2) is 43.8 Å². The van der Waals surface area contributed by atoms with E-state index in [1.807, 2.05) is 20.8 Å². The summed E-state index contributed by atoms with van der Waals surface area (Å²) in [5.74, 6) is -0.841. The lowest BCUT2D eigenvalue weighted by molar-refractivity contribution is -0.140. The molecule has 2 amide bonds. The second-order valence-electron chi connectivity index (χ2n) is 9.61. The van der Waals surface area contributed by atoms with Gasteiger partial charge in [-0.1, -0.05) is 73.4 Å². The summed E-state index contributed by atoms with van der Waals surface area (Å²) in [5, 5.41) is 3.80. The molecule has 0 bridgehead atoms. The number of hydrogen-bond donors (Lipinski definition) is 1. The van der Waals surface area contributed by atoms with E-state index in [-0.39, 0.29) is 23.4 Å². The van der Waals surface area contributed by atoms with E-state index in [1.54, 1.807) is 55.5 Å². The number of anilines is 1. The fourth-order valence-electron chi connectivity index (χ4n) is 4.26. The largest absolute Gasteiger partial charge is 0.352 e. The van der Waals surface area contributed by atoms with Crippen molar-refractivity contribution in [2.45, 2.75) is 64.1 Å². The third kappa shape index (κ3) is 7.56. The fourth-order valence-corrected chi connectivity index (χ4v) is 6.06. The molecular weight excluding hydrogens is 569 g/mol. The van der Waals surface area contributed by atoms with E-state index in [2.05, 4.69) is 5.32 Å². The summed E-state index contributed by atoms with van der Waals surface area (Å²) >= 11 is 12.4. The van der Waals surface area contributed by atoms with Gasteiger partial charge in [-0.15, -0.1) is 0 Å². The summed E-state index contributed by atoms with van der Waals surface area (Å²) in [6.45, 7) is 6.96. The van der Waals surface area contributed by atoms with Crippen molar-refractivity contribution < 1.29 is 18.0 Å². The third-order valence-electron chi connectivity index (χ3n) is 6.75. The Hall–Kier alpha value is -3.07. The zero-order chi connectivity index (χ0) is 29.4. The van der Waals surface area contributed by atoms with Crippen molar-refractivity contribution in [3.8, 4) is 0 Å². The number of rotatable bonds is 12. The van der Waals surface area contributed by atoms with Crippen molar-refractivity contribution >= 4 is 50.7 Å². The molecule has 0 saturated heterocycles. The molecule has 0 radical (unpaired) electrons. The van der Waals surface area contributed by atoms with Crippen molar-refractivity contribution in [3.05, 3.63) is 94.0 Å². The molecule has 214 valence electrons. The van der Waals surface area contributed by atoms with Gasteiger partial charge >= 0.3 is 0 Å². The third-order valence-corrected chi connectivity index (χ3v) is 9.14. The Morgan fingerprint density at radius 2 is 1.52 bits per heavy atom. The normalized spacial score (nSPS) is 12.8. The number of carbonyl (C=O) groups is 2. The van der Waals surface area contributed by atoms with Crippen molar-refractivity contribution in [1.29, 1.82) is 0 Å². The molecule has 2 atom stereocenters. The van der Waals surface area contributed by atoms with Crippen LogP contribution in [0.25, 0.3) is 0 Å². The first-order chi connectivity index (χ1) is 19.0. The van der Waals surface area contributed by atoms with Gasteiger partial charge in [0.15, 0.2) is 0 Å². The second kappa shape index (κ2) is 14.0. The van der Waals surface area contributed by atoms with Gasteiger partial charge in [0.2, 0.25) is 11.8 Å². The zero-order valence-corrected chi connectivity index (χ0v) is 25.4. The number of para-hydroxylation sites is 1. The van der Waals surface area contributed by atoms with E-state index < -0.39 is 28.5 Å². The van der Waals surface area contributed by atoms with Gasteiger partial charge < -0.3 is 10.2 Å². The maximum absolute atomic E-state index is 14.1. The Balaban J connectivity index is 2.08. The van der Waals surface area contributed by atoms with Gasteiger partial charge in [0.1, 0.15) is 12.6 Å². The predicted molar refractivity (Wildman–Crippen MR) is 161 cm³/mol. The molecule has 0 heterocycles. The van der Waals surface area contributed by atoms with Gasteiger partial charge in [0.25, 0.3) is 10.0 Å². The molecule has 0 fully saturated rings. The molecule has 0 spiro atoms. The Morgan fingerprint density at radius 1 is 0.900 bits per heavy atom. The molecule has 0 aliphatic carbocycles. The fraction of sp³-hybridized carbons (Fsp3) is 0.333. The number of sulfonamides is 1. The maximum Gasteiger partial charge on any atom is 0.264 e. The molecule has 3 aromatic carbocycles. The second-order valence-corrected chi connectivity index (χ2v) is 12.3. The van der Waals surface area contributed by atoms with E-state index in [0.29, 0.717) is 33.3 Å². The minimum atomic E-state index is -4.18. The first-order valence-corrected chi connectivity index (χ1v) is 15.4. The van der Waals surface area contributed by atoms with Crippen LogP contribution in [0.1, 0.15) is 44.7 Å². The van der Waals surface area contributed by atoms with Crippen LogP contribution in [0.2, 0.25) is 10.0 Å². The van der Waals surface area contributed by atoms with Crippen molar-refractivity contribution in [2.75, 3.05) is 10.8 Å². The molecule has 3 rings (SSSR count). The minimum Gasteiger partial charge on any atom is -0.352 e. The summed E-state index contributed by atoms with van der Waals surface area (Å²) in [5.41, 5.74) is 1.68. The SMILES string of the molecule is CC[C@@H](C)NC(=O)[C@@H](CC)N(Cc1ccccc1Cl)C(=O)CN(c1ccccc1C)S(=O)(=O)c1ccc(Cl)cc1. The average molecular weight is 605 g/mol. The highest BCUT2D eigenvalue weighted by molar-refractivity contribution is 7.92. The van der Waals surface area contributed by atoms with E-state index in [9.17, 15) is 18.0 Å². The Bertz CT molecular complexity index is 1430. The van der Waals surface area contributed by atoms with Crippen LogP contribution in [0.4, 0.5) is 5.69 Å². The highest BCUT2D eigenvalue weighted by Crippen LogP contribution is 2.28. The van der Waals surface area contributed by atoms with E-state index in [0.717, 1.165) is 10.7 Å². The van der Waals surface area contributed by atoms with Crippen molar-refractivity contribution in [3.63, 3.8) is 0 Å². The van der Waals surface area contributed by atoms with Crippen LogP contribution in [0, 0.1) is 6.92 Å². The first-order valence-electron chi connectivity index (χ1n) is 13.2. The van der Waals surface area contributed by atoms with Crippen LogP contribution in [0.5, 0.6) is 0 Å². The Labute approximate surface area is 247 Å². The number of amides is 2. The molecule has 0 aromatic heterocycles. The highest BCUT2D eigenvalue weighted by Gasteiger charge is 2.34. The van der Waals surface area contributed by atoms with Gasteiger partial charge in [0.05, 0.1) is 10.6 Å². The van der Waals surface area contributed by atoms with Crippen LogP contribution in [0.15, 0.2) is 77.7 Å². The Kier molecular flexibility index (Phi) is 11.0. The molecule has 0 unspecified atom stereocenters. The first kappa shape index (κ1) is 31.5. The molecule has 10 heteroatoms. The summed E-state index contributed by atoms with van der Waals surface area (Å²) in [6, 6.07) is 18.9. The number of carbonyl (C=O) groups excluding carboxylic acids is 2. The molecule has 0 aliphatic rings. The number of hydrogen-bond acceptors (Lipinski definition) is 4. The summed E-state index contributed by atoms with van der Waals surface area (Å²) in [6.07, 6.45) is 1.05. The number of nitrogens with one attached hydrogen (secondary N) is 1. The number of benzene rings is 3. The molecule has 3 aromatic rings. The smallest absolute Gasteiger partial charge is 0.264 e. The predicted octanol–water partition coefficient (Wildman–Crippen LogP) is 6.22. The van der Waals surface area contributed by atoms with Gasteiger partial charge in [-0.3, -0.25) is 13.9 Å². The monoisotopic (exact) mass is 603 g/mol. The summed E-state index contributed by atoms with van der Waals surface area (Å²) < 4.78 is 29.0. The zero-order valence-electron chi connectivity index (χ0n) is 23.1. The maximum atomic E-state index is 14.1. The molecular formula is C30H35Cl2N3O4S. The number of aryl methyl sites for hydroxylation is 1. The lowest BCUT2D eigenvalue weighted by atomic mass is 10.1. The minimum absolute atomic E-state index is 0.00726. The molecule has 0 saturated carbocycles. The van der Waals surface area contributed by atoms with Gasteiger partial charge in [-0.2, -0.15) is 0 Å². The van der Waals surface area contributed by atoms with E-state index in [4.69, 9.17) is 23.2 Å². The Morgan fingerprint density at radius 3 is 2.12 bits per heavy atom. The van der Waals surface area contributed by atoms with Gasteiger partial charge in [-0.25, -0.2) is 8.42 Å². The molecule has 7 nitrogen and oxygen atoms in total. The van der Waals surface area contributed by atoms with E-state index in [1.165, 1.54) is 29.2 Å². The topological polar surface area (TPSA) is 86.8 Å². The van der Waals surface area contributed by atoms with Crippen molar-refractivity contribution in [2.24, 2.45) is 0 Å². The molecule has 0 aliphatic heterocycles. The van der Waals surface area contributed by atoms with Crippen LogP contribution < -0.4 is 9.62 Å². The summed E-state index contributed by atoms with van der Waals surface area (Å²) in [7, 11) is -4.18. The van der Waals surface area contributed by atoms with E-state index >= 15 is 0 Å². The molecule has 1 N–H and O–H groups in total. The van der Waals surface area contributed by atoms with Gasteiger partial charge in [-0.05, 0) is 74.2 Å².